The average molecular weight is 292 g/mol. The van der Waals surface area contributed by atoms with E-state index in [1.807, 2.05) is 13.8 Å². The van der Waals surface area contributed by atoms with Crippen LogP contribution in [0.5, 0.6) is 0 Å². The molecule has 0 aromatic carbocycles. The highest BCUT2D eigenvalue weighted by Gasteiger charge is 2.24. The zero-order valence-corrected chi connectivity index (χ0v) is 13.3. The number of nitrogens with zero attached hydrogens (tertiary/aromatic N) is 3. The van der Waals surface area contributed by atoms with Crippen molar-refractivity contribution in [1.82, 2.24) is 9.55 Å². The van der Waals surface area contributed by atoms with E-state index >= 15 is 0 Å². The Bertz CT molecular complexity index is 491. The van der Waals surface area contributed by atoms with E-state index < -0.39 is 0 Å². The summed E-state index contributed by atoms with van der Waals surface area (Å²) in [4.78, 5) is 19.3. The van der Waals surface area contributed by atoms with Gasteiger partial charge in [0.15, 0.2) is 5.82 Å². The molecule has 0 unspecified atom stereocenters. The quantitative estimate of drug-likeness (QED) is 0.874. The topological polar surface area (TPSA) is 64.2 Å². The van der Waals surface area contributed by atoms with Crippen molar-refractivity contribution in [3.8, 4) is 0 Å². The van der Waals surface area contributed by atoms with Crippen LogP contribution in [-0.2, 0) is 0 Å². The maximum Gasteiger partial charge on any atom is 0.293 e. The van der Waals surface area contributed by atoms with E-state index in [4.69, 9.17) is 5.73 Å². The van der Waals surface area contributed by atoms with Crippen molar-refractivity contribution in [3.63, 3.8) is 0 Å². The van der Waals surface area contributed by atoms with E-state index in [2.05, 4.69) is 9.88 Å². The van der Waals surface area contributed by atoms with Gasteiger partial charge in [0.05, 0.1) is 0 Å². The lowest BCUT2D eigenvalue weighted by atomic mass is 9.94. The standard InChI is InChI=1S/C16H28N4O/c1-13(2)19-12-10-18-15(16(19)21)20(11-6-9-17)14-7-4-3-5-8-14/h10,12-14H,3-9,11,17H2,1-2H3. The fourth-order valence-electron chi connectivity index (χ4n) is 3.13. The van der Waals surface area contributed by atoms with Crippen LogP contribution in [0.3, 0.4) is 0 Å². The molecule has 1 aliphatic rings. The molecule has 1 aromatic rings. The molecular formula is C16H28N4O. The molecule has 0 aliphatic heterocycles. The smallest absolute Gasteiger partial charge is 0.293 e. The molecule has 1 saturated carbocycles. The van der Waals surface area contributed by atoms with Gasteiger partial charge in [-0.15, -0.1) is 0 Å². The lowest BCUT2D eigenvalue weighted by Gasteiger charge is -2.35. The third-order valence-corrected chi connectivity index (χ3v) is 4.30. The monoisotopic (exact) mass is 292 g/mol. The summed E-state index contributed by atoms with van der Waals surface area (Å²) in [6.07, 6.45) is 10.5. The van der Waals surface area contributed by atoms with Crippen molar-refractivity contribution >= 4 is 5.82 Å². The summed E-state index contributed by atoms with van der Waals surface area (Å²) >= 11 is 0. The molecule has 5 heteroatoms. The predicted octanol–water partition coefficient (Wildman–Crippen LogP) is 2.31. The molecule has 21 heavy (non-hydrogen) atoms. The third kappa shape index (κ3) is 3.84. The minimum absolute atomic E-state index is 0.0232. The van der Waals surface area contributed by atoms with Gasteiger partial charge in [0.1, 0.15) is 0 Å². The fourth-order valence-corrected chi connectivity index (χ4v) is 3.13. The van der Waals surface area contributed by atoms with Gasteiger partial charge in [-0.2, -0.15) is 0 Å². The first kappa shape index (κ1) is 16.0. The predicted molar refractivity (Wildman–Crippen MR) is 86.8 cm³/mol. The fraction of sp³-hybridized carbons (Fsp3) is 0.750. The molecule has 0 atom stereocenters. The van der Waals surface area contributed by atoms with Crippen molar-refractivity contribution < 1.29 is 0 Å². The molecular weight excluding hydrogens is 264 g/mol. The second kappa shape index (κ2) is 7.59. The molecule has 2 N–H and O–H groups in total. The van der Waals surface area contributed by atoms with Gasteiger partial charge < -0.3 is 15.2 Å². The van der Waals surface area contributed by atoms with E-state index in [0.29, 0.717) is 18.4 Å². The summed E-state index contributed by atoms with van der Waals surface area (Å²) in [5, 5.41) is 0. The van der Waals surface area contributed by atoms with Crippen molar-refractivity contribution in [3.05, 3.63) is 22.7 Å². The Balaban J connectivity index is 2.31. The van der Waals surface area contributed by atoms with Crippen LogP contribution in [0.2, 0.25) is 0 Å². The summed E-state index contributed by atoms with van der Waals surface area (Å²) in [5.41, 5.74) is 5.69. The number of hydrogen-bond acceptors (Lipinski definition) is 4. The Hall–Kier alpha value is -1.36. The number of hydrogen-bond donors (Lipinski definition) is 1. The van der Waals surface area contributed by atoms with Crippen LogP contribution in [0.25, 0.3) is 0 Å². The highest BCUT2D eigenvalue weighted by Crippen LogP contribution is 2.25. The number of anilines is 1. The second-order valence-corrected chi connectivity index (χ2v) is 6.18. The Labute approximate surface area is 127 Å². The SMILES string of the molecule is CC(C)n1ccnc(N(CCCN)C2CCCCC2)c1=O. The van der Waals surface area contributed by atoms with E-state index in [9.17, 15) is 4.79 Å². The summed E-state index contributed by atoms with van der Waals surface area (Å²) in [6.45, 7) is 5.52. The van der Waals surface area contributed by atoms with E-state index in [1.54, 1.807) is 17.0 Å². The average Bonchev–Trinajstić information content (AvgIpc) is 2.50. The van der Waals surface area contributed by atoms with Crippen molar-refractivity contribution in [1.29, 1.82) is 0 Å². The van der Waals surface area contributed by atoms with Crippen molar-refractivity contribution in [2.75, 3.05) is 18.0 Å². The van der Waals surface area contributed by atoms with Gasteiger partial charge in [-0.05, 0) is 39.7 Å². The Morgan fingerprint density at radius 3 is 2.71 bits per heavy atom. The molecule has 0 spiro atoms. The number of nitrogens with two attached hydrogens (primary N) is 1. The van der Waals surface area contributed by atoms with Gasteiger partial charge in [0.25, 0.3) is 5.56 Å². The molecule has 0 amide bonds. The summed E-state index contributed by atoms with van der Waals surface area (Å²) in [5.74, 6) is 0.603. The molecule has 1 aromatic heterocycles. The van der Waals surface area contributed by atoms with Gasteiger partial charge in [0, 0.05) is 31.0 Å². The third-order valence-electron chi connectivity index (χ3n) is 4.30. The van der Waals surface area contributed by atoms with Gasteiger partial charge in [-0.1, -0.05) is 19.3 Å². The molecule has 2 rings (SSSR count). The Morgan fingerprint density at radius 1 is 1.38 bits per heavy atom. The van der Waals surface area contributed by atoms with Crippen LogP contribution < -0.4 is 16.2 Å². The maximum absolute atomic E-state index is 12.7. The minimum atomic E-state index is 0.0232. The van der Waals surface area contributed by atoms with Crippen LogP contribution >= 0.6 is 0 Å². The van der Waals surface area contributed by atoms with Crippen molar-refractivity contribution in [2.45, 2.75) is 64.5 Å². The molecule has 0 radical (unpaired) electrons. The number of rotatable bonds is 6. The number of aromatic nitrogens is 2. The normalized spacial score (nSPS) is 16.4. The first-order valence-corrected chi connectivity index (χ1v) is 8.19. The van der Waals surface area contributed by atoms with Gasteiger partial charge >= 0.3 is 0 Å². The molecule has 1 aliphatic carbocycles. The highest BCUT2D eigenvalue weighted by atomic mass is 16.1. The zero-order chi connectivity index (χ0) is 15.2. The van der Waals surface area contributed by atoms with Crippen LogP contribution in [0.1, 0.15) is 58.4 Å². The lowest BCUT2D eigenvalue weighted by molar-refractivity contribution is 0.409. The van der Waals surface area contributed by atoms with Gasteiger partial charge in [-0.25, -0.2) is 4.98 Å². The molecule has 1 fully saturated rings. The molecule has 1 heterocycles. The van der Waals surface area contributed by atoms with Crippen LogP contribution in [-0.4, -0.2) is 28.7 Å². The largest absolute Gasteiger partial charge is 0.349 e. The molecule has 5 nitrogen and oxygen atoms in total. The first-order valence-electron chi connectivity index (χ1n) is 8.19. The van der Waals surface area contributed by atoms with Crippen molar-refractivity contribution in [2.24, 2.45) is 5.73 Å². The second-order valence-electron chi connectivity index (χ2n) is 6.18. The maximum atomic E-state index is 12.7. The van der Waals surface area contributed by atoms with Gasteiger partial charge in [-0.3, -0.25) is 4.79 Å². The first-order chi connectivity index (χ1) is 10.1. The minimum Gasteiger partial charge on any atom is -0.349 e. The van der Waals surface area contributed by atoms with E-state index in [1.165, 1.54) is 19.3 Å². The van der Waals surface area contributed by atoms with E-state index in [0.717, 1.165) is 25.8 Å². The summed E-state index contributed by atoms with van der Waals surface area (Å²) < 4.78 is 1.76. The van der Waals surface area contributed by atoms with Crippen LogP contribution in [0.4, 0.5) is 5.82 Å². The van der Waals surface area contributed by atoms with E-state index in [-0.39, 0.29) is 11.6 Å². The highest BCUT2D eigenvalue weighted by molar-refractivity contribution is 5.37. The van der Waals surface area contributed by atoms with Crippen LogP contribution in [0, 0.1) is 0 Å². The molecule has 0 bridgehead atoms. The summed E-state index contributed by atoms with van der Waals surface area (Å²) in [6, 6.07) is 0.593. The lowest BCUT2D eigenvalue weighted by Crippen LogP contribution is -2.43. The van der Waals surface area contributed by atoms with Crippen LogP contribution in [0.15, 0.2) is 17.2 Å². The molecule has 0 saturated heterocycles. The Kier molecular flexibility index (Phi) is 5.79. The molecule has 118 valence electrons. The zero-order valence-electron chi connectivity index (χ0n) is 13.3. The Morgan fingerprint density at radius 2 is 2.10 bits per heavy atom. The summed E-state index contributed by atoms with van der Waals surface area (Å²) in [7, 11) is 0. The van der Waals surface area contributed by atoms with Gasteiger partial charge in [0.2, 0.25) is 0 Å².